The standard InChI is InChI=1S/C19H26N4O/c1-15-10-22-23(12-15)13-16(2)20-11-18(24)21-14-19(8-9-19)17-6-4-3-5-7-17/h3-7,10,12,16,20H,8-9,11,13-14H2,1-2H3,(H,21,24). The average molecular weight is 326 g/mol. The van der Waals surface area contributed by atoms with Gasteiger partial charge in [-0.2, -0.15) is 5.10 Å². The van der Waals surface area contributed by atoms with Crippen LogP contribution in [0, 0.1) is 6.92 Å². The number of amides is 1. The topological polar surface area (TPSA) is 59.0 Å². The minimum absolute atomic E-state index is 0.0562. The molecule has 1 unspecified atom stereocenters. The fourth-order valence-electron chi connectivity index (χ4n) is 3.02. The number of aryl methyl sites for hydroxylation is 1. The summed E-state index contributed by atoms with van der Waals surface area (Å²) in [6, 6.07) is 10.7. The van der Waals surface area contributed by atoms with Crippen LogP contribution in [-0.4, -0.2) is 34.8 Å². The predicted octanol–water partition coefficient (Wildman–Crippen LogP) is 2.02. The van der Waals surface area contributed by atoms with Crippen LogP contribution >= 0.6 is 0 Å². The molecule has 1 amide bonds. The highest BCUT2D eigenvalue weighted by molar-refractivity contribution is 5.78. The highest BCUT2D eigenvalue weighted by Crippen LogP contribution is 2.47. The van der Waals surface area contributed by atoms with Gasteiger partial charge in [-0.3, -0.25) is 9.48 Å². The number of nitrogens with zero attached hydrogens (tertiary/aromatic N) is 2. The molecule has 1 aromatic heterocycles. The van der Waals surface area contributed by atoms with Crippen LogP contribution in [0.5, 0.6) is 0 Å². The molecule has 1 fully saturated rings. The van der Waals surface area contributed by atoms with Crippen LogP contribution in [0.3, 0.4) is 0 Å². The Balaban J connectivity index is 1.40. The number of benzene rings is 1. The van der Waals surface area contributed by atoms with Crippen molar-refractivity contribution in [3.8, 4) is 0 Å². The highest BCUT2D eigenvalue weighted by Gasteiger charge is 2.44. The Morgan fingerprint density at radius 3 is 2.71 bits per heavy atom. The molecule has 128 valence electrons. The van der Waals surface area contributed by atoms with E-state index in [1.165, 1.54) is 5.56 Å². The molecule has 1 aliphatic rings. The lowest BCUT2D eigenvalue weighted by Gasteiger charge is -2.18. The lowest BCUT2D eigenvalue weighted by Crippen LogP contribution is -2.42. The first-order valence-electron chi connectivity index (χ1n) is 8.62. The van der Waals surface area contributed by atoms with Gasteiger partial charge in [0.2, 0.25) is 5.91 Å². The van der Waals surface area contributed by atoms with Crippen LogP contribution in [0.2, 0.25) is 0 Å². The third-order valence-electron chi connectivity index (χ3n) is 4.70. The van der Waals surface area contributed by atoms with Crippen molar-refractivity contribution in [2.45, 2.75) is 44.7 Å². The van der Waals surface area contributed by atoms with E-state index in [-0.39, 0.29) is 17.4 Å². The van der Waals surface area contributed by atoms with Gasteiger partial charge in [0.1, 0.15) is 0 Å². The van der Waals surface area contributed by atoms with Crippen LogP contribution in [0.25, 0.3) is 0 Å². The van der Waals surface area contributed by atoms with Crippen LogP contribution in [0.1, 0.15) is 30.9 Å². The number of rotatable bonds is 8. The van der Waals surface area contributed by atoms with Gasteiger partial charge in [-0.25, -0.2) is 0 Å². The molecule has 5 heteroatoms. The normalized spacial score (nSPS) is 16.6. The Kier molecular flexibility index (Phi) is 5.00. The Bertz CT molecular complexity index is 676. The molecule has 1 atom stereocenters. The number of aromatic nitrogens is 2. The van der Waals surface area contributed by atoms with Gasteiger partial charge in [0.25, 0.3) is 0 Å². The molecular formula is C19H26N4O. The first-order chi connectivity index (χ1) is 11.6. The lowest BCUT2D eigenvalue weighted by molar-refractivity contribution is -0.120. The summed E-state index contributed by atoms with van der Waals surface area (Å²) >= 11 is 0. The Hall–Kier alpha value is -2.14. The molecule has 0 spiro atoms. The molecule has 0 aliphatic heterocycles. The van der Waals surface area contributed by atoms with Crippen molar-refractivity contribution in [2.24, 2.45) is 0 Å². The summed E-state index contributed by atoms with van der Waals surface area (Å²) in [6.07, 6.45) is 6.16. The number of nitrogens with one attached hydrogen (secondary N) is 2. The van der Waals surface area contributed by atoms with Crippen LogP contribution in [0.4, 0.5) is 0 Å². The maximum absolute atomic E-state index is 12.1. The summed E-state index contributed by atoms with van der Waals surface area (Å²) in [5, 5.41) is 10.6. The third-order valence-corrected chi connectivity index (χ3v) is 4.70. The third kappa shape index (κ3) is 4.23. The first-order valence-corrected chi connectivity index (χ1v) is 8.62. The second-order valence-electron chi connectivity index (χ2n) is 6.94. The van der Waals surface area contributed by atoms with Crippen LogP contribution in [-0.2, 0) is 16.8 Å². The molecular weight excluding hydrogens is 300 g/mol. The first kappa shape index (κ1) is 16.7. The molecule has 1 aliphatic carbocycles. The maximum atomic E-state index is 12.1. The molecule has 1 aromatic carbocycles. The second-order valence-corrected chi connectivity index (χ2v) is 6.94. The minimum atomic E-state index is 0.0562. The fraction of sp³-hybridized carbons (Fsp3) is 0.474. The predicted molar refractivity (Wildman–Crippen MR) is 94.8 cm³/mol. The lowest BCUT2D eigenvalue weighted by atomic mass is 9.96. The van der Waals surface area contributed by atoms with E-state index in [4.69, 9.17) is 0 Å². The van der Waals surface area contributed by atoms with Crippen LogP contribution < -0.4 is 10.6 Å². The molecule has 3 rings (SSSR count). The van der Waals surface area contributed by atoms with Crippen molar-refractivity contribution in [3.63, 3.8) is 0 Å². The number of carbonyl (C=O) groups excluding carboxylic acids is 1. The SMILES string of the molecule is Cc1cnn(CC(C)NCC(=O)NCC2(c3ccccc3)CC2)c1. The van der Waals surface area contributed by atoms with Crippen molar-refractivity contribution in [2.75, 3.05) is 13.1 Å². The van der Waals surface area contributed by atoms with Gasteiger partial charge in [-0.1, -0.05) is 30.3 Å². The smallest absolute Gasteiger partial charge is 0.233 e. The van der Waals surface area contributed by atoms with Gasteiger partial charge in [-0.05, 0) is 37.8 Å². The summed E-state index contributed by atoms with van der Waals surface area (Å²) in [5.41, 5.74) is 2.64. The molecule has 5 nitrogen and oxygen atoms in total. The highest BCUT2D eigenvalue weighted by atomic mass is 16.1. The van der Waals surface area contributed by atoms with Crippen LogP contribution in [0.15, 0.2) is 42.7 Å². The van der Waals surface area contributed by atoms with E-state index in [1.807, 2.05) is 30.1 Å². The van der Waals surface area contributed by atoms with Crippen molar-refractivity contribution < 1.29 is 4.79 Å². The van der Waals surface area contributed by atoms with Gasteiger partial charge in [0.15, 0.2) is 0 Å². The quantitative estimate of drug-likeness (QED) is 0.780. The van der Waals surface area contributed by atoms with Gasteiger partial charge in [-0.15, -0.1) is 0 Å². The zero-order chi connectivity index (χ0) is 17.0. The Morgan fingerprint density at radius 1 is 1.33 bits per heavy atom. The Labute approximate surface area is 143 Å². The molecule has 2 aromatic rings. The van der Waals surface area contributed by atoms with E-state index in [1.54, 1.807) is 0 Å². The van der Waals surface area contributed by atoms with E-state index in [0.717, 1.165) is 31.5 Å². The van der Waals surface area contributed by atoms with E-state index >= 15 is 0 Å². The minimum Gasteiger partial charge on any atom is -0.354 e. The van der Waals surface area contributed by atoms with Gasteiger partial charge < -0.3 is 10.6 Å². The average Bonchev–Trinajstić information content (AvgIpc) is 3.28. The summed E-state index contributed by atoms with van der Waals surface area (Å²) < 4.78 is 1.90. The summed E-state index contributed by atoms with van der Waals surface area (Å²) in [4.78, 5) is 12.1. The van der Waals surface area contributed by atoms with Crippen molar-refractivity contribution >= 4 is 5.91 Å². The molecule has 0 radical (unpaired) electrons. The molecule has 1 saturated carbocycles. The van der Waals surface area contributed by atoms with Gasteiger partial charge >= 0.3 is 0 Å². The zero-order valence-corrected chi connectivity index (χ0v) is 14.5. The number of hydrogen-bond acceptors (Lipinski definition) is 3. The van der Waals surface area contributed by atoms with E-state index in [2.05, 4.69) is 46.9 Å². The molecule has 0 bridgehead atoms. The molecule has 2 N–H and O–H groups in total. The van der Waals surface area contributed by atoms with Gasteiger partial charge in [0.05, 0.1) is 19.3 Å². The fourth-order valence-corrected chi connectivity index (χ4v) is 3.02. The number of hydrogen-bond donors (Lipinski definition) is 2. The summed E-state index contributed by atoms with van der Waals surface area (Å²) in [6.45, 7) is 5.91. The van der Waals surface area contributed by atoms with Gasteiger partial charge in [0, 0.05) is 24.2 Å². The largest absolute Gasteiger partial charge is 0.354 e. The van der Waals surface area contributed by atoms with Crippen molar-refractivity contribution in [1.82, 2.24) is 20.4 Å². The van der Waals surface area contributed by atoms with E-state index < -0.39 is 0 Å². The summed E-state index contributed by atoms with van der Waals surface area (Å²) in [7, 11) is 0. The second kappa shape index (κ2) is 7.18. The van der Waals surface area contributed by atoms with Crippen molar-refractivity contribution in [1.29, 1.82) is 0 Å². The summed E-state index contributed by atoms with van der Waals surface area (Å²) in [5.74, 6) is 0.0562. The molecule has 24 heavy (non-hydrogen) atoms. The van der Waals surface area contributed by atoms with E-state index in [9.17, 15) is 4.79 Å². The zero-order valence-electron chi connectivity index (χ0n) is 14.5. The number of carbonyl (C=O) groups is 1. The molecule has 1 heterocycles. The Morgan fingerprint density at radius 2 is 2.08 bits per heavy atom. The molecule has 0 saturated heterocycles. The van der Waals surface area contributed by atoms with E-state index in [0.29, 0.717) is 6.54 Å². The maximum Gasteiger partial charge on any atom is 0.233 e. The monoisotopic (exact) mass is 326 g/mol. The van der Waals surface area contributed by atoms with Crippen molar-refractivity contribution in [3.05, 3.63) is 53.9 Å².